The summed E-state index contributed by atoms with van der Waals surface area (Å²) in [5.41, 5.74) is 7.05. The molecule has 1 aliphatic carbocycles. The van der Waals surface area contributed by atoms with Gasteiger partial charge in [-0.15, -0.1) is 0 Å². The summed E-state index contributed by atoms with van der Waals surface area (Å²) < 4.78 is 11.4. The van der Waals surface area contributed by atoms with Crippen molar-refractivity contribution in [2.24, 2.45) is 5.92 Å². The minimum Gasteiger partial charge on any atom is -0.500 e. The zero-order valence-corrected chi connectivity index (χ0v) is 20.2. The van der Waals surface area contributed by atoms with E-state index in [0.29, 0.717) is 11.3 Å². The molecule has 8 nitrogen and oxygen atoms in total. The molecule has 0 radical (unpaired) electrons. The molecule has 8 heteroatoms. The van der Waals surface area contributed by atoms with Crippen LogP contribution in [0.3, 0.4) is 0 Å². The fraction of sp³-hybridized carbons (Fsp3) is 0.259. The van der Waals surface area contributed by atoms with E-state index in [-0.39, 0.29) is 17.7 Å². The number of aromatic nitrogens is 4. The number of aromatic hydroxyl groups is 1. The van der Waals surface area contributed by atoms with Crippen LogP contribution in [0.1, 0.15) is 41.2 Å². The van der Waals surface area contributed by atoms with Crippen LogP contribution >= 0.6 is 0 Å². The Morgan fingerprint density at radius 3 is 2.63 bits per heavy atom. The highest BCUT2D eigenvalue weighted by molar-refractivity contribution is 5.96. The molecule has 0 amide bonds. The molecule has 35 heavy (non-hydrogen) atoms. The van der Waals surface area contributed by atoms with Crippen molar-refractivity contribution in [2.75, 3.05) is 12.4 Å². The molecule has 0 saturated carbocycles. The number of pyridine rings is 1. The summed E-state index contributed by atoms with van der Waals surface area (Å²) in [5.74, 6) is 2.92. The van der Waals surface area contributed by atoms with Crippen molar-refractivity contribution in [2.45, 2.75) is 33.6 Å². The van der Waals surface area contributed by atoms with Crippen molar-refractivity contribution >= 4 is 22.3 Å². The van der Waals surface area contributed by atoms with Crippen molar-refractivity contribution in [3.63, 3.8) is 0 Å². The van der Waals surface area contributed by atoms with E-state index in [4.69, 9.17) is 19.2 Å². The van der Waals surface area contributed by atoms with Gasteiger partial charge in [-0.25, -0.2) is 15.0 Å². The maximum atomic E-state index is 10.4. The Kier molecular flexibility index (Phi) is 4.67. The number of allylic oxidation sites excluding steroid dienone is 4. The van der Waals surface area contributed by atoms with E-state index in [2.05, 4.69) is 28.5 Å². The summed E-state index contributed by atoms with van der Waals surface area (Å²) in [6, 6.07) is 9.45. The van der Waals surface area contributed by atoms with Gasteiger partial charge in [0, 0.05) is 45.7 Å². The zero-order chi connectivity index (χ0) is 24.4. The van der Waals surface area contributed by atoms with Crippen molar-refractivity contribution in [1.82, 2.24) is 20.1 Å². The Hall–Kier alpha value is -4.20. The lowest BCUT2D eigenvalue weighted by Gasteiger charge is -2.30. The first-order chi connectivity index (χ1) is 16.9. The molecule has 2 aliphatic rings. The van der Waals surface area contributed by atoms with Crippen LogP contribution in [0.15, 0.2) is 52.4 Å². The molecular formula is C27H25N5O3. The lowest BCUT2D eigenvalue weighted by molar-refractivity contribution is 0.240. The second-order valence-corrected chi connectivity index (χ2v) is 9.10. The number of aryl methyl sites for hydroxylation is 3. The number of para-hydroxylation sites is 1. The van der Waals surface area contributed by atoms with Gasteiger partial charge in [-0.3, -0.25) is 0 Å². The molecule has 0 saturated heterocycles. The van der Waals surface area contributed by atoms with Gasteiger partial charge in [0.05, 0.1) is 29.6 Å². The highest BCUT2D eigenvalue weighted by Gasteiger charge is 2.42. The summed E-state index contributed by atoms with van der Waals surface area (Å²) in [5, 5.41) is 19.0. The van der Waals surface area contributed by atoms with Crippen LogP contribution < -0.4 is 5.32 Å². The molecule has 2 atom stereocenters. The van der Waals surface area contributed by atoms with E-state index < -0.39 is 0 Å². The van der Waals surface area contributed by atoms with Crippen LogP contribution in [0.4, 0.5) is 5.82 Å². The number of anilines is 1. The van der Waals surface area contributed by atoms with E-state index >= 15 is 0 Å². The fourth-order valence-electron chi connectivity index (χ4n) is 5.53. The number of benzene rings is 1. The first kappa shape index (κ1) is 21.3. The summed E-state index contributed by atoms with van der Waals surface area (Å²) in [4.78, 5) is 13.9. The molecule has 4 heterocycles. The average molecular weight is 468 g/mol. The quantitative estimate of drug-likeness (QED) is 0.412. The van der Waals surface area contributed by atoms with Gasteiger partial charge in [0.2, 0.25) is 5.88 Å². The van der Waals surface area contributed by atoms with Gasteiger partial charge in [-0.2, -0.15) is 0 Å². The molecule has 176 valence electrons. The maximum Gasteiger partial charge on any atom is 0.211 e. The molecule has 2 unspecified atom stereocenters. The Morgan fingerprint density at radius 1 is 1.09 bits per heavy atom. The fourth-order valence-corrected chi connectivity index (χ4v) is 5.53. The molecule has 3 aromatic heterocycles. The molecule has 0 fully saturated rings. The molecule has 0 spiro atoms. The average Bonchev–Trinajstić information content (AvgIpc) is 3.36. The summed E-state index contributed by atoms with van der Waals surface area (Å²) >= 11 is 0. The third-order valence-electron chi connectivity index (χ3n) is 6.93. The van der Waals surface area contributed by atoms with E-state index in [1.165, 1.54) is 0 Å². The van der Waals surface area contributed by atoms with Crippen LogP contribution in [-0.2, 0) is 4.74 Å². The van der Waals surface area contributed by atoms with Crippen LogP contribution in [0, 0.1) is 26.7 Å². The number of ether oxygens (including phenoxy) is 1. The number of fused-ring (bicyclic) bond motifs is 4. The van der Waals surface area contributed by atoms with Crippen molar-refractivity contribution in [1.29, 1.82) is 0 Å². The Balaban J connectivity index is 1.59. The van der Waals surface area contributed by atoms with Crippen LogP contribution in [0.25, 0.3) is 27.7 Å². The van der Waals surface area contributed by atoms with E-state index in [9.17, 15) is 5.11 Å². The monoisotopic (exact) mass is 467 g/mol. The summed E-state index contributed by atoms with van der Waals surface area (Å²) in [6.07, 6.45) is 2.11. The Labute approximate surface area is 202 Å². The zero-order valence-electron chi connectivity index (χ0n) is 20.2. The topological polar surface area (TPSA) is 106 Å². The van der Waals surface area contributed by atoms with Gasteiger partial charge >= 0.3 is 0 Å². The SMILES string of the molecule is COC1=C(c2c(C)noc2C)C=C2Nc3nc(C)nc(-c4cc(O)nc5ccccc45)c3C2C1C. The second kappa shape index (κ2) is 7.66. The van der Waals surface area contributed by atoms with Crippen molar-refractivity contribution in [3.8, 4) is 17.1 Å². The van der Waals surface area contributed by atoms with Crippen LogP contribution in [-0.4, -0.2) is 32.3 Å². The Bertz CT molecular complexity index is 1560. The van der Waals surface area contributed by atoms with Crippen LogP contribution in [0.2, 0.25) is 0 Å². The van der Waals surface area contributed by atoms with Gasteiger partial charge in [-0.05, 0) is 32.9 Å². The van der Waals surface area contributed by atoms with E-state index in [1.807, 2.05) is 45.0 Å². The Morgan fingerprint density at radius 2 is 1.89 bits per heavy atom. The normalized spacial score (nSPS) is 18.8. The first-order valence-corrected chi connectivity index (χ1v) is 11.5. The van der Waals surface area contributed by atoms with Crippen LogP contribution in [0.5, 0.6) is 5.88 Å². The molecule has 6 rings (SSSR count). The van der Waals surface area contributed by atoms with Gasteiger partial charge in [0.15, 0.2) is 0 Å². The second-order valence-electron chi connectivity index (χ2n) is 9.10. The van der Waals surface area contributed by atoms with Gasteiger partial charge < -0.3 is 19.7 Å². The number of rotatable bonds is 3. The van der Waals surface area contributed by atoms with Crippen molar-refractivity contribution < 1.29 is 14.4 Å². The van der Waals surface area contributed by atoms with Gasteiger partial charge in [0.1, 0.15) is 23.2 Å². The molecular weight excluding hydrogens is 442 g/mol. The summed E-state index contributed by atoms with van der Waals surface area (Å²) in [6.45, 7) is 7.88. The standard InChI is InChI=1S/C27H25N5O3/c1-12-22-20(10-18(26(12)34-5)23-13(2)32-35-14(23)3)31-27-24(22)25(28-15(4)29-27)17-11-21(33)30-19-9-7-6-8-16(17)19/h6-12,22H,1-5H3,(H,30,33)(H,28,29,31). The van der Waals surface area contributed by atoms with E-state index in [0.717, 1.165) is 62.1 Å². The molecule has 1 aromatic carbocycles. The predicted molar refractivity (Wildman–Crippen MR) is 133 cm³/mol. The summed E-state index contributed by atoms with van der Waals surface area (Å²) in [7, 11) is 1.70. The third-order valence-corrected chi connectivity index (χ3v) is 6.93. The van der Waals surface area contributed by atoms with Gasteiger partial charge in [-0.1, -0.05) is 30.3 Å². The third kappa shape index (κ3) is 3.13. The first-order valence-electron chi connectivity index (χ1n) is 11.5. The number of methoxy groups -OCH3 is 1. The van der Waals surface area contributed by atoms with Crippen molar-refractivity contribution in [3.05, 3.63) is 76.3 Å². The minimum absolute atomic E-state index is 0.01000. The number of hydrogen-bond donors (Lipinski definition) is 2. The molecule has 4 aromatic rings. The largest absolute Gasteiger partial charge is 0.500 e. The predicted octanol–water partition coefficient (Wildman–Crippen LogP) is 5.41. The maximum absolute atomic E-state index is 10.4. The highest BCUT2D eigenvalue weighted by Crippen LogP contribution is 2.53. The van der Waals surface area contributed by atoms with E-state index in [1.54, 1.807) is 13.2 Å². The molecule has 0 bridgehead atoms. The number of nitrogens with zero attached hydrogens (tertiary/aromatic N) is 4. The lowest BCUT2D eigenvalue weighted by Crippen LogP contribution is -2.20. The number of nitrogens with one attached hydrogen (secondary N) is 1. The molecule has 2 N–H and O–H groups in total. The highest BCUT2D eigenvalue weighted by atomic mass is 16.5. The minimum atomic E-state index is -0.0474. The van der Waals surface area contributed by atoms with Gasteiger partial charge in [0.25, 0.3) is 0 Å². The number of hydrogen-bond acceptors (Lipinski definition) is 8. The smallest absolute Gasteiger partial charge is 0.211 e. The molecule has 1 aliphatic heterocycles. The lowest BCUT2D eigenvalue weighted by atomic mass is 9.77.